The largest absolute Gasteiger partial charge is 0.515 e. The molecule has 1 N–H and O–H groups in total. The van der Waals surface area contributed by atoms with Crippen LogP contribution < -0.4 is 4.74 Å². The Kier molecular flexibility index (Phi) is 4.20. The zero-order valence-corrected chi connectivity index (χ0v) is 13.8. The summed E-state index contributed by atoms with van der Waals surface area (Å²) in [6, 6.07) is 5.51. The molecule has 0 fully saturated rings. The molecule has 124 valence electrons. The van der Waals surface area contributed by atoms with Crippen LogP contribution in [0.3, 0.4) is 0 Å². The van der Waals surface area contributed by atoms with Gasteiger partial charge in [-0.3, -0.25) is 4.79 Å². The summed E-state index contributed by atoms with van der Waals surface area (Å²) in [7, 11) is 0. The van der Waals surface area contributed by atoms with Crippen LogP contribution >= 0.6 is 0 Å². The fourth-order valence-electron chi connectivity index (χ4n) is 2.80. The third-order valence-corrected chi connectivity index (χ3v) is 3.90. The van der Waals surface area contributed by atoms with Crippen molar-refractivity contribution in [1.82, 2.24) is 9.97 Å². The molecule has 6 nitrogen and oxygen atoms in total. The monoisotopic (exact) mass is 326 g/mol. The molecule has 0 atom stereocenters. The standard InChI is InChI=1S/C18H18N2O4/c1-4-12-16-13-8-11(10(3)21)6-7-14(13)20-15(16)9-19-17(12)24-18(22)23-5-2/h6-9,20H,4-5H2,1-3H3. The molecule has 3 rings (SSSR count). The number of nitrogens with zero attached hydrogens (tertiary/aromatic N) is 1. The van der Waals surface area contributed by atoms with Crippen molar-refractivity contribution >= 4 is 33.7 Å². The van der Waals surface area contributed by atoms with Crippen LogP contribution in [0.15, 0.2) is 24.4 Å². The molecule has 0 aliphatic carbocycles. The average Bonchev–Trinajstić information content (AvgIpc) is 2.92. The van der Waals surface area contributed by atoms with E-state index >= 15 is 0 Å². The Labute approximate surface area is 138 Å². The van der Waals surface area contributed by atoms with Gasteiger partial charge in [-0.1, -0.05) is 6.92 Å². The Hall–Kier alpha value is -2.89. The van der Waals surface area contributed by atoms with Gasteiger partial charge in [0.25, 0.3) is 0 Å². The van der Waals surface area contributed by atoms with E-state index in [1.807, 2.05) is 19.1 Å². The predicted octanol–water partition coefficient (Wildman–Crippen LogP) is 4.02. The zero-order chi connectivity index (χ0) is 17.3. The van der Waals surface area contributed by atoms with Crippen LogP contribution in [0, 0.1) is 0 Å². The minimum Gasteiger partial charge on any atom is -0.434 e. The average molecular weight is 326 g/mol. The van der Waals surface area contributed by atoms with Crippen LogP contribution in [-0.2, 0) is 11.2 Å². The van der Waals surface area contributed by atoms with E-state index in [4.69, 9.17) is 9.47 Å². The predicted molar refractivity (Wildman–Crippen MR) is 90.6 cm³/mol. The van der Waals surface area contributed by atoms with Gasteiger partial charge in [0.15, 0.2) is 5.78 Å². The lowest BCUT2D eigenvalue weighted by Gasteiger charge is -2.09. The molecule has 2 aromatic heterocycles. The Bertz CT molecular complexity index is 943. The number of nitrogens with one attached hydrogen (secondary N) is 1. The highest BCUT2D eigenvalue weighted by Crippen LogP contribution is 2.33. The maximum absolute atomic E-state index is 11.7. The van der Waals surface area contributed by atoms with E-state index in [0.717, 1.165) is 27.4 Å². The Morgan fingerprint density at radius 2 is 2.00 bits per heavy atom. The van der Waals surface area contributed by atoms with E-state index < -0.39 is 6.16 Å². The molecule has 3 aromatic rings. The summed E-state index contributed by atoms with van der Waals surface area (Å²) in [5, 5.41) is 1.82. The van der Waals surface area contributed by atoms with Crippen LogP contribution in [0.2, 0.25) is 0 Å². The number of ketones is 1. The molecule has 0 unspecified atom stereocenters. The fraction of sp³-hybridized carbons (Fsp3) is 0.278. The smallest absolute Gasteiger partial charge is 0.434 e. The normalized spacial score (nSPS) is 11.0. The van der Waals surface area contributed by atoms with Crippen LogP contribution in [0.4, 0.5) is 4.79 Å². The molecule has 0 amide bonds. The molecule has 0 aliphatic rings. The van der Waals surface area contributed by atoms with Crippen molar-refractivity contribution in [3.05, 3.63) is 35.5 Å². The van der Waals surface area contributed by atoms with Crippen molar-refractivity contribution in [2.75, 3.05) is 6.61 Å². The number of pyridine rings is 1. The van der Waals surface area contributed by atoms with Crippen molar-refractivity contribution in [3.8, 4) is 5.88 Å². The van der Waals surface area contributed by atoms with Gasteiger partial charge in [-0.2, -0.15) is 0 Å². The van der Waals surface area contributed by atoms with Gasteiger partial charge in [0, 0.05) is 27.4 Å². The number of fused-ring (bicyclic) bond motifs is 3. The second kappa shape index (κ2) is 6.31. The third-order valence-electron chi connectivity index (χ3n) is 3.90. The van der Waals surface area contributed by atoms with E-state index in [1.54, 1.807) is 19.2 Å². The first-order valence-corrected chi connectivity index (χ1v) is 7.84. The number of hydrogen-bond acceptors (Lipinski definition) is 5. The number of hydrogen-bond donors (Lipinski definition) is 1. The number of aromatic nitrogens is 2. The van der Waals surface area contributed by atoms with Crippen LogP contribution in [0.5, 0.6) is 5.88 Å². The number of aromatic amines is 1. The SMILES string of the molecule is CCOC(=O)Oc1ncc2[nH]c3ccc(C(C)=O)cc3c2c1CC. The molecule has 0 saturated heterocycles. The second-order valence-electron chi connectivity index (χ2n) is 5.41. The topological polar surface area (TPSA) is 81.3 Å². The number of carbonyl (C=O) groups is 2. The summed E-state index contributed by atoms with van der Waals surface area (Å²) in [6.45, 7) is 5.44. The van der Waals surface area contributed by atoms with Crippen molar-refractivity contribution in [2.45, 2.75) is 27.2 Å². The first kappa shape index (κ1) is 16.0. The number of carbonyl (C=O) groups excluding carboxylic acids is 2. The van der Waals surface area contributed by atoms with Gasteiger partial charge in [0.05, 0.1) is 18.3 Å². The maximum atomic E-state index is 11.7. The molecule has 0 spiro atoms. The summed E-state index contributed by atoms with van der Waals surface area (Å²) in [4.78, 5) is 30.8. The Balaban J connectivity index is 2.22. The number of H-pyrrole nitrogens is 1. The van der Waals surface area contributed by atoms with Gasteiger partial charge in [-0.25, -0.2) is 9.78 Å². The van der Waals surface area contributed by atoms with Gasteiger partial charge in [0.1, 0.15) is 0 Å². The lowest BCUT2D eigenvalue weighted by Crippen LogP contribution is -2.12. The van der Waals surface area contributed by atoms with Crippen molar-refractivity contribution in [3.63, 3.8) is 0 Å². The summed E-state index contributed by atoms with van der Waals surface area (Å²) in [5.74, 6) is 0.235. The molecular formula is C18H18N2O4. The molecule has 0 saturated carbocycles. The lowest BCUT2D eigenvalue weighted by molar-refractivity contribution is 0.101. The first-order chi connectivity index (χ1) is 11.5. The molecular weight excluding hydrogens is 308 g/mol. The highest BCUT2D eigenvalue weighted by Gasteiger charge is 2.17. The van der Waals surface area contributed by atoms with Crippen molar-refractivity contribution in [2.24, 2.45) is 0 Å². The van der Waals surface area contributed by atoms with E-state index in [-0.39, 0.29) is 18.3 Å². The van der Waals surface area contributed by atoms with Gasteiger partial charge >= 0.3 is 6.16 Å². The highest BCUT2D eigenvalue weighted by molar-refractivity contribution is 6.11. The summed E-state index contributed by atoms with van der Waals surface area (Å²) in [5.41, 5.74) is 3.17. The minimum absolute atomic E-state index is 0.00125. The maximum Gasteiger partial charge on any atom is 0.515 e. The summed E-state index contributed by atoms with van der Waals surface area (Å²) < 4.78 is 10.1. The van der Waals surface area contributed by atoms with Gasteiger partial charge in [-0.15, -0.1) is 0 Å². The molecule has 0 aliphatic heterocycles. The molecule has 6 heteroatoms. The molecule has 2 heterocycles. The van der Waals surface area contributed by atoms with E-state index in [9.17, 15) is 9.59 Å². The summed E-state index contributed by atoms with van der Waals surface area (Å²) >= 11 is 0. The van der Waals surface area contributed by atoms with Crippen molar-refractivity contribution in [1.29, 1.82) is 0 Å². The Morgan fingerprint density at radius 1 is 1.21 bits per heavy atom. The van der Waals surface area contributed by atoms with Gasteiger partial charge < -0.3 is 14.5 Å². The van der Waals surface area contributed by atoms with E-state index in [0.29, 0.717) is 12.0 Å². The second-order valence-corrected chi connectivity index (χ2v) is 5.41. The highest BCUT2D eigenvalue weighted by atomic mass is 16.7. The van der Waals surface area contributed by atoms with Crippen LogP contribution in [-0.4, -0.2) is 28.5 Å². The number of benzene rings is 1. The van der Waals surface area contributed by atoms with Crippen LogP contribution in [0.1, 0.15) is 36.7 Å². The lowest BCUT2D eigenvalue weighted by atomic mass is 10.0. The third kappa shape index (κ3) is 2.71. The number of Topliss-reactive ketones (excluding diaryl/α,β-unsaturated/α-hetero) is 1. The van der Waals surface area contributed by atoms with E-state index in [2.05, 4.69) is 9.97 Å². The number of ether oxygens (including phenoxy) is 2. The molecule has 1 aromatic carbocycles. The number of rotatable bonds is 4. The molecule has 0 radical (unpaired) electrons. The molecule has 24 heavy (non-hydrogen) atoms. The minimum atomic E-state index is -0.775. The van der Waals surface area contributed by atoms with E-state index in [1.165, 1.54) is 6.92 Å². The first-order valence-electron chi connectivity index (χ1n) is 7.84. The molecule has 0 bridgehead atoms. The van der Waals surface area contributed by atoms with Crippen molar-refractivity contribution < 1.29 is 19.1 Å². The Morgan fingerprint density at radius 3 is 2.67 bits per heavy atom. The number of aryl methyl sites for hydroxylation is 1. The zero-order valence-electron chi connectivity index (χ0n) is 13.8. The quantitative estimate of drug-likeness (QED) is 0.578. The fourth-order valence-corrected chi connectivity index (χ4v) is 2.80. The summed E-state index contributed by atoms with van der Waals surface area (Å²) in [6.07, 6.45) is 1.47. The van der Waals surface area contributed by atoms with Gasteiger partial charge in [0.2, 0.25) is 5.88 Å². The van der Waals surface area contributed by atoms with Crippen LogP contribution in [0.25, 0.3) is 21.8 Å². The van der Waals surface area contributed by atoms with Gasteiger partial charge in [-0.05, 0) is 38.5 Å².